The van der Waals surface area contributed by atoms with Gasteiger partial charge in [-0.2, -0.15) is 0 Å². The Kier molecular flexibility index (Phi) is 4.60. The average molecular weight is 349 g/mol. The summed E-state index contributed by atoms with van der Waals surface area (Å²) in [6.07, 6.45) is 0. The molecule has 1 nitrogen and oxygen atoms in total. The summed E-state index contributed by atoms with van der Waals surface area (Å²) in [5.74, 6) is 0. The van der Waals surface area contributed by atoms with Crippen molar-refractivity contribution in [3.8, 4) is 33.6 Å². The van der Waals surface area contributed by atoms with Crippen molar-refractivity contribution in [2.24, 2.45) is 0 Å². The number of benzene rings is 3. The van der Waals surface area contributed by atoms with Gasteiger partial charge < -0.3 is 0 Å². The van der Waals surface area contributed by atoms with Crippen LogP contribution in [0.15, 0.2) is 84.9 Å². The molecule has 0 aliphatic carbocycles. The number of aryl methyl sites for hydroxylation is 2. The lowest BCUT2D eigenvalue weighted by Gasteiger charge is -2.14. The maximum absolute atomic E-state index is 5.04. The summed E-state index contributed by atoms with van der Waals surface area (Å²) in [5.41, 5.74) is 10.6. The zero-order chi connectivity index (χ0) is 18.8. The fraction of sp³-hybridized carbons (Fsp3) is 0.115. The van der Waals surface area contributed by atoms with Crippen LogP contribution in [-0.2, 0) is 0 Å². The van der Waals surface area contributed by atoms with E-state index in [1.54, 1.807) is 0 Å². The summed E-state index contributed by atoms with van der Waals surface area (Å²) in [7, 11) is 0. The molecular weight excluding hydrogens is 326 g/mol. The topological polar surface area (TPSA) is 12.9 Å². The minimum Gasteiger partial charge on any atom is -0.248 e. The smallest absolute Gasteiger partial charge is 0.0718 e. The van der Waals surface area contributed by atoms with Gasteiger partial charge in [-0.25, -0.2) is 4.98 Å². The van der Waals surface area contributed by atoms with Gasteiger partial charge in [0.25, 0.3) is 0 Å². The predicted octanol–water partition coefficient (Wildman–Crippen LogP) is 7.01. The summed E-state index contributed by atoms with van der Waals surface area (Å²) in [5, 5.41) is 0. The van der Waals surface area contributed by atoms with Crippen molar-refractivity contribution in [2.45, 2.75) is 20.8 Å². The molecule has 0 fully saturated rings. The summed E-state index contributed by atoms with van der Waals surface area (Å²) < 4.78 is 0. The SMILES string of the molecule is Cc1cc(C)c(C)c(-c2cc(-c3ccccc3)cc(-c3ccccc3)n2)c1. The van der Waals surface area contributed by atoms with Crippen molar-refractivity contribution in [1.29, 1.82) is 0 Å². The number of rotatable bonds is 3. The highest BCUT2D eigenvalue weighted by Crippen LogP contribution is 2.32. The van der Waals surface area contributed by atoms with E-state index in [9.17, 15) is 0 Å². The first kappa shape index (κ1) is 17.2. The second kappa shape index (κ2) is 7.20. The van der Waals surface area contributed by atoms with E-state index in [1.165, 1.54) is 33.4 Å². The molecule has 4 aromatic rings. The third-order valence-corrected chi connectivity index (χ3v) is 5.09. The minimum absolute atomic E-state index is 1.01. The third-order valence-electron chi connectivity index (χ3n) is 5.09. The number of pyridine rings is 1. The maximum atomic E-state index is 5.04. The highest BCUT2D eigenvalue weighted by Gasteiger charge is 2.12. The molecule has 0 atom stereocenters. The van der Waals surface area contributed by atoms with Crippen LogP contribution in [0.25, 0.3) is 33.6 Å². The van der Waals surface area contributed by atoms with E-state index in [1.807, 2.05) is 6.07 Å². The van der Waals surface area contributed by atoms with Crippen LogP contribution in [0.3, 0.4) is 0 Å². The molecule has 0 saturated heterocycles. The second-order valence-electron chi connectivity index (χ2n) is 7.11. The van der Waals surface area contributed by atoms with Crippen LogP contribution < -0.4 is 0 Å². The van der Waals surface area contributed by atoms with Gasteiger partial charge in [0.05, 0.1) is 11.4 Å². The Hall–Kier alpha value is -3.19. The molecule has 0 aliphatic rings. The minimum atomic E-state index is 1.01. The number of hydrogen-bond donors (Lipinski definition) is 0. The molecule has 1 aromatic heterocycles. The van der Waals surface area contributed by atoms with Crippen LogP contribution in [0.5, 0.6) is 0 Å². The fourth-order valence-electron chi connectivity index (χ4n) is 3.53. The molecule has 0 saturated carbocycles. The molecule has 0 N–H and O–H groups in total. The summed E-state index contributed by atoms with van der Waals surface area (Å²) in [6, 6.07) is 29.8. The van der Waals surface area contributed by atoms with Gasteiger partial charge in [-0.1, -0.05) is 72.3 Å². The molecule has 1 heterocycles. The molecule has 0 radical (unpaired) electrons. The lowest BCUT2D eigenvalue weighted by atomic mass is 9.95. The largest absolute Gasteiger partial charge is 0.248 e. The molecule has 1 heteroatoms. The van der Waals surface area contributed by atoms with Crippen molar-refractivity contribution < 1.29 is 0 Å². The Balaban J connectivity index is 1.97. The molecule has 0 amide bonds. The first-order valence-corrected chi connectivity index (χ1v) is 9.33. The van der Waals surface area contributed by atoms with Crippen LogP contribution >= 0.6 is 0 Å². The first-order valence-electron chi connectivity index (χ1n) is 9.33. The Morgan fingerprint density at radius 3 is 1.81 bits per heavy atom. The second-order valence-corrected chi connectivity index (χ2v) is 7.11. The molecule has 27 heavy (non-hydrogen) atoms. The molecule has 3 aromatic carbocycles. The highest BCUT2D eigenvalue weighted by atomic mass is 14.7. The first-order chi connectivity index (χ1) is 13.1. The standard InChI is InChI=1S/C26H23N/c1-18-14-19(2)20(3)24(15-18)26-17-23(21-10-6-4-7-11-21)16-25(27-26)22-12-8-5-9-13-22/h4-17H,1-3H3. The van der Waals surface area contributed by atoms with Gasteiger partial charge in [0, 0.05) is 11.1 Å². The maximum Gasteiger partial charge on any atom is 0.0718 e. The zero-order valence-electron chi connectivity index (χ0n) is 16.0. The van der Waals surface area contributed by atoms with Gasteiger partial charge in [-0.05, 0) is 61.2 Å². The Morgan fingerprint density at radius 1 is 0.556 bits per heavy atom. The van der Waals surface area contributed by atoms with Crippen LogP contribution in [0, 0.1) is 20.8 Å². The Labute approximate surface area is 161 Å². The summed E-state index contributed by atoms with van der Waals surface area (Å²) in [4.78, 5) is 5.04. The molecule has 4 rings (SSSR count). The van der Waals surface area contributed by atoms with Crippen molar-refractivity contribution >= 4 is 0 Å². The van der Waals surface area contributed by atoms with Crippen LogP contribution in [0.1, 0.15) is 16.7 Å². The predicted molar refractivity (Wildman–Crippen MR) is 115 cm³/mol. The molecule has 0 unspecified atom stereocenters. The normalized spacial score (nSPS) is 10.8. The van der Waals surface area contributed by atoms with E-state index in [0.717, 1.165) is 17.0 Å². The number of nitrogens with zero attached hydrogens (tertiary/aromatic N) is 1. The van der Waals surface area contributed by atoms with Crippen molar-refractivity contribution in [1.82, 2.24) is 4.98 Å². The van der Waals surface area contributed by atoms with Gasteiger partial charge in [0.1, 0.15) is 0 Å². The van der Waals surface area contributed by atoms with E-state index in [2.05, 4.69) is 99.6 Å². The molecular formula is C26H23N. The summed E-state index contributed by atoms with van der Waals surface area (Å²) in [6.45, 7) is 6.50. The van der Waals surface area contributed by atoms with Crippen LogP contribution in [0.2, 0.25) is 0 Å². The monoisotopic (exact) mass is 349 g/mol. The lowest BCUT2D eigenvalue weighted by Crippen LogP contribution is -1.95. The van der Waals surface area contributed by atoms with Crippen LogP contribution in [-0.4, -0.2) is 4.98 Å². The number of aromatic nitrogens is 1. The quantitative estimate of drug-likeness (QED) is 0.388. The molecule has 132 valence electrons. The highest BCUT2D eigenvalue weighted by molar-refractivity contribution is 5.78. The van der Waals surface area contributed by atoms with E-state index in [4.69, 9.17) is 4.98 Å². The van der Waals surface area contributed by atoms with E-state index < -0.39 is 0 Å². The van der Waals surface area contributed by atoms with Gasteiger partial charge in [0.2, 0.25) is 0 Å². The third kappa shape index (κ3) is 3.54. The number of hydrogen-bond acceptors (Lipinski definition) is 1. The van der Waals surface area contributed by atoms with Crippen molar-refractivity contribution in [3.63, 3.8) is 0 Å². The van der Waals surface area contributed by atoms with Gasteiger partial charge >= 0.3 is 0 Å². The average Bonchev–Trinajstić information content (AvgIpc) is 2.71. The fourth-order valence-corrected chi connectivity index (χ4v) is 3.53. The van der Waals surface area contributed by atoms with E-state index in [0.29, 0.717) is 0 Å². The van der Waals surface area contributed by atoms with Crippen molar-refractivity contribution in [2.75, 3.05) is 0 Å². The van der Waals surface area contributed by atoms with Crippen LogP contribution in [0.4, 0.5) is 0 Å². The van der Waals surface area contributed by atoms with E-state index in [-0.39, 0.29) is 0 Å². The van der Waals surface area contributed by atoms with Gasteiger partial charge in [0.15, 0.2) is 0 Å². The van der Waals surface area contributed by atoms with Gasteiger partial charge in [-0.3, -0.25) is 0 Å². The van der Waals surface area contributed by atoms with Gasteiger partial charge in [-0.15, -0.1) is 0 Å². The molecule has 0 aliphatic heterocycles. The Morgan fingerprint density at radius 2 is 1.15 bits per heavy atom. The van der Waals surface area contributed by atoms with E-state index >= 15 is 0 Å². The molecule has 0 spiro atoms. The van der Waals surface area contributed by atoms with Crippen molar-refractivity contribution in [3.05, 3.63) is 102 Å². The summed E-state index contributed by atoms with van der Waals surface area (Å²) >= 11 is 0. The molecule has 0 bridgehead atoms. The zero-order valence-corrected chi connectivity index (χ0v) is 16.0. The lowest BCUT2D eigenvalue weighted by molar-refractivity contribution is 1.26. The Bertz CT molecular complexity index is 1020.